The van der Waals surface area contributed by atoms with Crippen molar-refractivity contribution in [3.8, 4) is 16.9 Å². The number of nitrogen functional groups attached to an aromatic ring is 1. The molecule has 26 heavy (non-hydrogen) atoms. The van der Waals surface area contributed by atoms with Crippen LogP contribution in [0.15, 0.2) is 47.4 Å². The van der Waals surface area contributed by atoms with Crippen LogP contribution in [0.5, 0.6) is 0 Å². The monoisotopic (exact) mass is 367 g/mol. The van der Waals surface area contributed by atoms with Crippen molar-refractivity contribution in [2.45, 2.75) is 24.7 Å². The van der Waals surface area contributed by atoms with Crippen LogP contribution in [0.1, 0.15) is 16.8 Å². The van der Waals surface area contributed by atoms with Crippen LogP contribution in [0, 0.1) is 6.92 Å². The molecule has 0 unspecified atom stereocenters. The lowest BCUT2D eigenvalue weighted by Gasteiger charge is -2.19. The molecule has 4 rings (SSSR count). The molecule has 0 spiro atoms. The standard InChI is InChI=1S/C18H18N4S.CH3NO/c1-11-16-9-3-12-2-4-13(19)10-17(12)18(16)22(21-11)14-5-7-15(23-20)8-6-14;2-1-3/h2,4-8,10H,3,9,19-20H2,1H3;1H,(H2,2,3). The van der Waals surface area contributed by atoms with E-state index in [2.05, 4.69) is 36.9 Å². The predicted molar refractivity (Wildman–Crippen MR) is 106 cm³/mol. The zero-order valence-electron chi connectivity index (χ0n) is 14.5. The van der Waals surface area contributed by atoms with Gasteiger partial charge < -0.3 is 11.5 Å². The minimum Gasteiger partial charge on any atom is -0.399 e. The van der Waals surface area contributed by atoms with E-state index in [-0.39, 0.29) is 6.41 Å². The molecule has 134 valence electrons. The molecule has 6 N–H and O–H groups in total. The molecule has 0 radical (unpaired) electrons. The number of carbonyl (C=O) groups excluding carboxylic acids is 1. The second-order valence-corrected chi connectivity index (χ2v) is 6.70. The number of primary amides is 1. The van der Waals surface area contributed by atoms with E-state index in [1.54, 1.807) is 0 Å². The lowest BCUT2D eigenvalue weighted by molar-refractivity contribution is -0.106. The normalized spacial score (nSPS) is 11.8. The third-order valence-electron chi connectivity index (χ3n) is 4.44. The van der Waals surface area contributed by atoms with Crippen molar-refractivity contribution in [2.24, 2.45) is 10.9 Å². The molecule has 0 aliphatic heterocycles. The van der Waals surface area contributed by atoms with Crippen LogP contribution in [0.25, 0.3) is 16.9 Å². The number of hydrogen-bond acceptors (Lipinski definition) is 5. The number of nitrogens with two attached hydrogens (primary N) is 3. The van der Waals surface area contributed by atoms with Crippen molar-refractivity contribution in [2.75, 3.05) is 5.73 Å². The second kappa shape index (κ2) is 7.63. The molecule has 1 heterocycles. The van der Waals surface area contributed by atoms with Crippen LogP contribution >= 0.6 is 11.9 Å². The molecular weight excluding hydrogens is 346 g/mol. The van der Waals surface area contributed by atoms with Gasteiger partial charge in [0.25, 0.3) is 0 Å². The molecule has 0 bridgehead atoms. The van der Waals surface area contributed by atoms with Crippen LogP contribution in [-0.4, -0.2) is 16.2 Å². The van der Waals surface area contributed by atoms with E-state index in [9.17, 15) is 0 Å². The van der Waals surface area contributed by atoms with Gasteiger partial charge in [0.15, 0.2) is 0 Å². The van der Waals surface area contributed by atoms with E-state index in [1.165, 1.54) is 34.3 Å². The highest BCUT2D eigenvalue weighted by atomic mass is 32.2. The van der Waals surface area contributed by atoms with E-state index >= 15 is 0 Å². The van der Waals surface area contributed by atoms with Crippen molar-refractivity contribution >= 4 is 24.0 Å². The summed E-state index contributed by atoms with van der Waals surface area (Å²) in [6, 6.07) is 14.3. The summed E-state index contributed by atoms with van der Waals surface area (Å²) in [5.74, 6) is 0. The summed E-state index contributed by atoms with van der Waals surface area (Å²) in [7, 11) is 0. The Hall–Kier alpha value is -2.77. The van der Waals surface area contributed by atoms with E-state index in [4.69, 9.17) is 20.8 Å². The molecular formula is C19H21N5OS. The Morgan fingerprint density at radius 1 is 1.15 bits per heavy atom. The van der Waals surface area contributed by atoms with Gasteiger partial charge in [-0.1, -0.05) is 6.07 Å². The van der Waals surface area contributed by atoms with E-state index in [0.717, 1.165) is 34.8 Å². The van der Waals surface area contributed by atoms with Crippen molar-refractivity contribution in [1.82, 2.24) is 9.78 Å². The lowest BCUT2D eigenvalue weighted by Crippen LogP contribution is -2.08. The molecule has 7 heteroatoms. The average molecular weight is 367 g/mol. The molecule has 0 saturated carbocycles. The molecule has 1 aliphatic carbocycles. The van der Waals surface area contributed by atoms with Gasteiger partial charge in [0.1, 0.15) is 0 Å². The molecule has 1 aromatic heterocycles. The largest absolute Gasteiger partial charge is 0.399 e. The van der Waals surface area contributed by atoms with Crippen molar-refractivity contribution in [1.29, 1.82) is 0 Å². The van der Waals surface area contributed by atoms with Crippen molar-refractivity contribution in [3.05, 3.63) is 59.3 Å². The number of amides is 1. The van der Waals surface area contributed by atoms with Crippen molar-refractivity contribution in [3.63, 3.8) is 0 Å². The van der Waals surface area contributed by atoms with Gasteiger partial charge in [0, 0.05) is 21.7 Å². The summed E-state index contributed by atoms with van der Waals surface area (Å²) in [6.45, 7) is 2.08. The molecule has 1 aliphatic rings. The lowest BCUT2D eigenvalue weighted by atomic mass is 9.88. The number of nitrogens with zero attached hydrogens (tertiary/aromatic N) is 2. The fourth-order valence-corrected chi connectivity index (χ4v) is 3.57. The number of anilines is 1. The summed E-state index contributed by atoms with van der Waals surface area (Å²) in [6.07, 6.45) is 2.31. The van der Waals surface area contributed by atoms with Crippen molar-refractivity contribution < 1.29 is 4.79 Å². The maximum atomic E-state index is 8.58. The predicted octanol–water partition coefficient (Wildman–Crippen LogP) is 2.60. The van der Waals surface area contributed by atoms with Crippen LogP contribution in [0.3, 0.4) is 0 Å². The number of carbonyl (C=O) groups is 1. The molecule has 6 nitrogen and oxygen atoms in total. The van der Waals surface area contributed by atoms with Crippen LogP contribution in [0.2, 0.25) is 0 Å². The third kappa shape index (κ3) is 3.31. The SMILES string of the molecule is Cc1nn(-c2ccc(SN)cc2)c2c1CCc1ccc(N)cc1-2.NC=O. The summed E-state index contributed by atoms with van der Waals surface area (Å²) in [5.41, 5.74) is 18.1. The minimum atomic E-state index is 0.250. The number of aromatic nitrogens is 2. The van der Waals surface area contributed by atoms with Gasteiger partial charge in [-0.3, -0.25) is 9.93 Å². The highest BCUT2D eigenvalue weighted by Gasteiger charge is 2.24. The number of rotatable bonds is 2. The van der Waals surface area contributed by atoms with Crippen LogP contribution in [0.4, 0.5) is 5.69 Å². The zero-order chi connectivity index (χ0) is 18.7. The van der Waals surface area contributed by atoms with Gasteiger partial charge in [-0.05, 0) is 73.7 Å². The molecule has 0 saturated heterocycles. The summed E-state index contributed by atoms with van der Waals surface area (Å²) in [4.78, 5) is 9.62. The zero-order valence-corrected chi connectivity index (χ0v) is 15.3. The average Bonchev–Trinajstić information content (AvgIpc) is 3.00. The fraction of sp³-hybridized carbons (Fsp3) is 0.158. The third-order valence-corrected chi connectivity index (χ3v) is 4.98. The molecule has 1 amide bonds. The highest BCUT2D eigenvalue weighted by molar-refractivity contribution is 7.97. The minimum absolute atomic E-state index is 0.250. The summed E-state index contributed by atoms with van der Waals surface area (Å²) in [5, 5.41) is 10.4. The first kappa shape index (κ1) is 18.0. The molecule has 0 fully saturated rings. The Kier molecular flexibility index (Phi) is 5.29. The maximum absolute atomic E-state index is 8.58. The maximum Gasteiger partial charge on any atom is 0.204 e. The number of fused-ring (bicyclic) bond motifs is 3. The van der Waals surface area contributed by atoms with Gasteiger partial charge in [-0.15, -0.1) is 0 Å². The summed E-state index contributed by atoms with van der Waals surface area (Å²) < 4.78 is 2.03. The van der Waals surface area contributed by atoms with Gasteiger partial charge in [-0.25, -0.2) is 4.68 Å². The quantitative estimate of drug-likeness (QED) is 0.366. The fourth-order valence-electron chi connectivity index (χ4n) is 3.28. The summed E-state index contributed by atoms with van der Waals surface area (Å²) >= 11 is 1.25. The highest BCUT2D eigenvalue weighted by Crippen LogP contribution is 2.37. The number of hydrogen-bond donors (Lipinski definition) is 3. The van der Waals surface area contributed by atoms with Gasteiger partial charge in [-0.2, -0.15) is 5.10 Å². The Labute approximate surface area is 156 Å². The Morgan fingerprint density at radius 3 is 2.50 bits per heavy atom. The Morgan fingerprint density at radius 2 is 1.85 bits per heavy atom. The smallest absolute Gasteiger partial charge is 0.204 e. The molecule has 0 atom stereocenters. The first-order chi connectivity index (χ1) is 12.6. The Balaban J connectivity index is 0.000000613. The molecule has 3 aromatic rings. The second-order valence-electron chi connectivity index (χ2n) is 5.99. The van der Waals surface area contributed by atoms with Gasteiger partial charge in [0.05, 0.1) is 17.1 Å². The number of benzene rings is 2. The van der Waals surface area contributed by atoms with E-state index in [0.29, 0.717) is 0 Å². The Bertz CT molecular complexity index is 934. The van der Waals surface area contributed by atoms with Gasteiger partial charge >= 0.3 is 0 Å². The topological polar surface area (TPSA) is 113 Å². The van der Waals surface area contributed by atoms with E-state index < -0.39 is 0 Å². The first-order valence-corrected chi connectivity index (χ1v) is 9.06. The van der Waals surface area contributed by atoms with Crippen LogP contribution < -0.4 is 16.6 Å². The van der Waals surface area contributed by atoms with E-state index in [1.807, 2.05) is 22.9 Å². The number of aryl methyl sites for hydroxylation is 2. The molecule has 2 aromatic carbocycles. The van der Waals surface area contributed by atoms with Gasteiger partial charge in [0.2, 0.25) is 6.41 Å². The van der Waals surface area contributed by atoms with Crippen LogP contribution in [-0.2, 0) is 17.6 Å². The first-order valence-electron chi connectivity index (χ1n) is 8.18.